The number of halogens is 1. The fraction of sp³-hybridized carbons (Fsp3) is 0.167. The van der Waals surface area contributed by atoms with E-state index in [2.05, 4.69) is 10.2 Å². The first-order chi connectivity index (χ1) is 8.76. The highest BCUT2D eigenvalue weighted by molar-refractivity contribution is 7.14. The van der Waals surface area contributed by atoms with Crippen LogP contribution in [0.15, 0.2) is 30.3 Å². The summed E-state index contributed by atoms with van der Waals surface area (Å²) >= 11 is 6.69. The van der Waals surface area contributed by atoms with Gasteiger partial charge in [-0.05, 0) is 0 Å². The van der Waals surface area contributed by atoms with Crippen LogP contribution in [0.1, 0.15) is 10.9 Å². The molecular weight excluding hydrogens is 270 g/mol. The SMILES string of the molecule is N#CC(C(=O)CCl)c1nnc(-c2ccccc2)s1. The third-order valence-corrected chi connectivity index (χ3v) is 3.59. The quantitative estimate of drug-likeness (QED) is 0.806. The molecule has 2 aromatic rings. The van der Waals surface area contributed by atoms with E-state index in [1.165, 1.54) is 11.3 Å². The first-order valence-electron chi connectivity index (χ1n) is 5.13. The fourth-order valence-electron chi connectivity index (χ4n) is 1.39. The van der Waals surface area contributed by atoms with Crippen molar-refractivity contribution < 1.29 is 4.79 Å². The van der Waals surface area contributed by atoms with Crippen LogP contribution < -0.4 is 0 Å². The summed E-state index contributed by atoms with van der Waals surface area (Å²) in [6, 6.07) is 11.4. The number of ketones is 1. The van der Waals surface area contributed by atoms with Crippen molar-refractivity contribution in [2.24, 2.45) is 0 Å². The Morgan fingerprint density at radius 3 is 2.72 bits per heavy atom. The number of carbonyl (C=O) groups excluding carboxylic acids is 1. The second-order valence-electron chi connectivity index (χ2n) is 3.47. The molecule has 4 nitrogen and oxygen atoms in total. The summed E-state index contributed by atoms with van der Waals surface area (Å²) < 4.78 is 0. The van der Waals surface area contributed by atoms with Gasteiger partial charge in [-0.3, -0.25) is 4.79 Å². The monoisotopic (exact) mass is 277 g/mol. The Kier molecular flexibility index (Phi) is 4.03. The first kappa shape index (κ1) is 12.7. The van der Waals surface area contributed by atoms with Gasteiger partial charge in [0, 0.05) is 5.56 Å². The maximum Gasteiger partial charge on any atom is 0.171 e. The van der Waals surface area contributed by atoms with Crippen LogP contribution in [0.2, 0.25) is 0 Å². The maximum atomic E-state index is 11.5. The van der Waals surface area contributed by atoms with Gasteiger partial charge < -0.3 is 0 Å². The average Bonchev–Trinajstić information content (AvgIpc) is 2.90. The number of alkyl halides is 1. The minimum Gasteiger partial charge on any atom is -0.296 e. The summed E-state index contributed by atoms with van der Waals surface area (Å²) in [5.41, 5.74) is 0.913. The number of hydrogen-bond donors (Lipinski definition) is 0. The van der Waals surface area contributed by atoms with Gasteiger partial charge in [-0.25, -0.2) is 0 Å². The molecule has 0 amide bonds. The highest BCUT2D eigenvalue weighted by Gasteiger charge is 2.23. The van der Waals surface area contributed by atoms with Gasteiger partial charge >= 0.3 is 0 Å². The Bertz CT molecular complexity index is 591. The molecule has 1 unspecified atom stereocenters. The van der Waals surface area contributed by atoms with E-state index < -0.39 is 5.92 Å². The van der Waals surface area contributed by atoms with Crippen molar-refractivity contribution in [3.8, 4) is 16.6 Å². The molecule has 0 saturated heterocycles. The molecule has 2 rings (SSSR count). The minimum atomic E-state index is -0.919. The van der Waals surface area contributed by atoms with Crippen molar-refractivity contribution in [2.45, 2.75) is 5.92 Å². The molecule has 0 aliphatic rings. The Labute approximate surface area is 113 Å². The Morgan fingerprint density at radius 1 is 1.39 bits per heavy atom. The number of Topliss-reactive ketones (excluding diaryl/α,β-unsaturated/α-hetero) is 1. The van der Waals surface area contributed by atoms with Crippen molar-refractivity contribution in [1.82, 2.24) is 10.2 Å². The molecule has 1 aromatic heterocycles. The van der Waals surface area contributed by atoms with Crippen LogP contribution in [0, 0.1) is 11.3 Å². The minimum absolute atomic E-state index is 0.196. The first-order valence-corrected chi connectivity index (χ1v) is 6.48. The van der Waals surface area contributed by atoms with Gasteiger partial charge in [-0.1, -0.05) is 41.7 Å². The van der Waals surface area contributed by atoms with Crippen molar-refractivity contribution in [1.29, 1.82) is 5.26 Å². The normalized spacial score (nSPS) is 11.8. The molecule has 0 fully saturated rings. The Hall–Kier alpha value is -1.77. The largest absolute Gasteiger partial charge is 0.296 e. The molecule has 1 heterocycles. The van der Waals surface area contributed by atoms with Crippen molar-refractivity contribution in [2.75, 3.05) is 5.88 Å². The highest BCUT2D eigenvalue weighted by atomic mass is 35.5. The second kappa shape index (κ2) is 5.71. The fourth-order valence-corrected chi connectivity index (χ4v) is 2.46. The summed E-state index contributed by atoms with van der Waals surface area (Å²) in [6.07, 6.45) is 0. The van der Waals surface area contributed by atoms with E-state index in [-0.39, 0.29) is 11.7 Å². The van der Waals surface area contributed by atoms with Crippen LogP contribution in [0.5, 0.6) is 0 Å². The number of aromatic nitrogens is 2. The molecular formula is C12H8ClN3OS. The van der Waals surface area contributed by atoms with Crippen molar-refractivity contribution in [3.63, 3.8) is 0 Å². The number of rotatable bonds is 4. The molecule has 0 N–H and O–H groups in total. The standard InChI is InChI=1S/C12H8ClN3OS/c13-6-10(17)9(7-14)12-16-15-11(18-12)8-4-2-1-3-5-8/h1-5,9H,6H2. The van der Waals surface area contributed by atoms with E-state index in [0.717, 1.165) is 5.56 Å². The summed E-state index contributed by atoms with van der Waals surface area (Å²) in [5.74, 6) is -1.47. The van der Waals surface area contributed by atoms with E-state index in [4.69, 9.17) is 16.9 Å². The molecule has 0 aliphatic carbocycles. The van der Waals surface area contributed by atoms with Gasteiger partial charge in [-0.15, -0.1) is 21.8 Å². The number of hydrogen-bond acceptors (Lipinski definition) is 5. The molecule has 0 bridgehead atoms. The van der Waals surface area contributed by atoms with Gasteiger partial charge in [0.25, 0.3) is 0 Å². The third kappa shape index (κ3) is 2.55. The molecule has 0 saturated carbocycles. The lowest BCUT2D eigenvalue weighted by Crippen LogP contribution is -2.11. The van der Waals surface area contributed by atoms with Crippen LogP contribution in [-0.2, 0) is 4.79 Å². The van der Waals surface area contributed by atoms with E-state index >= 15 is 0 Å². The van der Waals surface area contributed by atoms with Gasteiger partial charge in [0.05, 0.1) is 11.9 Å². The smallest absolute Gasteiger partial charge is 0.171 e. The molecule has 0 radical (unpaired) electrons. The lowest BCUT2D eigenvalue weighted by Gasteiger charge is -1.99. The van der Waals surface area contributed by atoms with E-state index in [1.54, 1.807) is 0 Å². The van der Waals surface area contributed by atoms with E-state index in [0.29, 0.717) is 10.0 Å². The van der Waals surface area contributed by atoms with Crippen LogP contribution in [-0.4, -0.2) is 21.9 Å². The average molecular weight is 278 g/mol. The lowest BCUT2D eigenvalue weighted by molar-refractivity contribution is -0.117. The van der Waals surface area contributed by atoms with Crippen LogP contribution >= 0.6 is 22.9 Å². The van der Waals surface area contributed by atoms with Crippen LogP contribution in [0.4, 0.5) is 0 Å². The van der Waals surface area contributed by atoms with E-state index in [9.17, 15) is 4.79 Å². The summed E-state index contributed by atoms with van der Waals surface area (Å²) in [4.78, 5) is 11.5. The molecule has 90 valence electrons. The summed E-state index contributed by atoms with van der Waals surface area (Å²) in [5, 5.41) is 17.9. The maximum absolute atomic E-state index is 11.5. The zero-order valence-corrected chi connectivity index (χ0v) is 10.8. The molecule has 18 heavy (non-hydrogen) atoms. The van der Waals surface area contributed by atoms with Crippen LogP contribution in [0.3, 0.4) is 0 Å². The van der Waals surface area contributed by atoms with Gasteiger partial charge in [-0.2, -0.15) is 5.26 Å². The second-order valence-corrected chi connectivity index (χ2v) is 4.75. The molecule has 6 heteroatoms. The Balaban J connectivity index is 2.31. The zero-order valence-electron chi connectivity index (χ0n) is 9.21. The number of nitrogens with zero attached hydrogens (tertiary/aromatic N) is 3. The summed E-state index contributed by atoms with van der Waals surface area (Å²) in [6.45, 7) is 0. The molecule has 0 spiro atoms. The van der Waals surface area contributed by atoms with Crippen molar-refractivity contribution in [3.05, 3.63) is 35.3 Å². The molecule has 1 atom stereocenters. The molecule has 0 aliphatic heterocycles. The lowest BCUT2D eigenvalue weighted by atomic mass is 10.1. The Morgan fingerprint density at radius 2 is 2.11 bits per heavy atom. The van der Waals surface area contributed by atoms with Gasteiger partial charge in [0.2, 0.25) is 0 Å². The number of benzene rings is 1. The van der Waals surface area contributed by atoms with Crippen LogP contribution in [0.25, 0.3) is 10.6 Å². The van der Waals surface area contributed by atoms with E-state index in [1.807, 2.05) is 36.4 Å². The predicted molar refractivity (Wildman–Crippen MR) is 69.4 cm³/mol. The number of carbonyl (C=O) groups is 1. The van der Waals surface area contributed by atoms with Gasteiger partial charge in [0.1, 0.15) is 10.0 Å². The number of nitriles is 1. The van der Waals surface area contributed by atoms with Gasteiger partial charge in [0.15, 0.2) is 11.7 Å². The highest BCUT2D eigenvalue weighted by Crippen LogP contribution is 2.27. The topological polar surface area (TPSA) is 66.6 Å². The van der Waals surface area contributed by atoms with Crippen molar-refractivity contribution >= 4 is 28.7 Å². The summed E-state index contributed by atoms with van der Waals surface area (Å²) in [7, 11) is 0. The zero-order chi connectivity index (χ0) is 13.0. The molecule has 1 aromatic carbocycles. The predicted octanol–water partition coefficient (Wildman–Crippen LogP) is 2.62. The third-order valence-electron chi connectivity index (χ3n) is 2.29.